The van der Waals surface area contributed by atoms with Crippen molar-refractivity contribution in [3.8, 4) is 12.3 Å². The van der Waals surface area contributed by atoms with Crippen LogP contribution in [0.1, 0.15) is 13.3 Å². The molecule has 0 amide bonds. The van der Waals surface area contributed by atoms with Crippen molar-refractivity contribution >= 4 is 9.84 Å². The Balaban J connectivity index is 3.42. The highest BCUT2D eigenvalue weighted by Gasteiger charge is 2.01. The van der Waals surface area contributed by atoms with E-state index in [0.29, 0.717) is 13.0 Å². The average molecular weight is 189 g/mol. The van der Waals surface area contributed by atoms with E-state index in [2.05, 4.69) is 11.2 Å². The summed E-state index contributed by atoms with van der Waals surface area (Å²) in [5.41, 5.74) is 0. The summed E-state index contributed by atoms with van der Waals surface area (Å²) in [7, 11) is -2.82. The van der Waals surface area contributed by atoms with Gasteiger partial charge in [0.1, 0.15) is 9.84 Å². The van der Waals surface area contributed by atoms with Crippen LogP contribution in [0.3, 0.4) is 0 Å². The summed E-state index contributed by atoms with van der Waals surface area (Å²) < 4.78 is 21.4. The van der Waals surface area contributed by atoms with Crippen LogP contribution in [0.2, 0.25) is 0 Å². The number of rotatable bonds is 5. The van der Waals surface area contributed by atoms with Gasteiger partial charge in [0.15, 0.2) is 0 Å². The monoisotopic (exact) mass is 189 g/mol. The van der Waals surface area contributed by atoms with E-state index >= 15 is 0 Å². The molecule has 0 radical (unpaired) electrons. The van der Waals surface area contributed by atoms with Crippen molar-refractivity contribution in [2.45, 2.75) is 19.4 Å². The minimum atomic E-state index is -2.82. The number of terminal acetylenes is 1. The molecule has 3 nitrogen and oxygen atoms in total. The van der Waals surface area contributed by atoms with Crippen LogP contribution in [0.5, 0.6) is 0 Å². The molecule has 0 aliphatic carbocycles. The Morgan fingerprint density at radius 2 is 2.17 bits per heavy atom. The van der Waals surface area contributed by atoms with Gasteiger partial charge in [-0.1, -0.05) is 5.92 Å². The number of nitrogens with one attached hydrogen (secondary N) is 1. The van der Waals surface area contributed by atoms with E-state index in [1.807, 2.05) is 6.92 Å². The van der Waals surface area contributed by atoms with E-state index in [1.165, 1.54) is 6.26 Å². The molecule has 0 fully saturated rings. The first-order chi connectivity index (χ1) is 5.45. The van der Waals surface area contributed by atoms with E-state index in [-0.39, 0.29) is 11.8 Å². The Bertz CT molecular complexity index is 251. The van der Waals surface area contributed by atoms with Crippen molar-refractivity contribution in [1.82, 2.24) is 5.32 Å². The van der Waals surface area contributed by atoms with Gasteiger partial charge in [-0.15, -0.1) is 6.42 Å². The summed E-state index contributed by atoms with van der Waals surface area (Å²) in [5, 5.41) is 3.00. The van der Waals surface area contributed by atoms with Crippen molar-refractivity contribution < 1.29 is 8.42 Å². The molecule has 0 aromatic heterocycles. The second-order valence-corrected chi connectivity index (χ2v) is 5.09. The molecule has 0 bridgehead atoms. The maximum absolute atomic E-state index is 10.7. The van der Waals surface area contributed by atoms with E-state index in [9.17, 15) is 8.42 Å². The molecule has 0 aliphatic rings. The fourth-order valence-electron chi connectivity index (χ4n) is 0.712. The van der Waals surface area contributed by atoms with Crippen LogP contribution >= 0.6 is 0 Å². The molecule has 4 heteroatoms. The van der Waals surface area contributed by atoms with Gasteiger partial charge in [-0.05, 0) is 19.9 Å². The topological polar surface area (TPSA) is 46.2 Å². The lowest BCUT2D eigenvalue weighted by molar-refractivity contribution is 0.590. The lowest BCUT2D eigenvalue weighted by atomic mass is 10.3. The number of hydrogen-bond donors (Lipinski definition) is 1. The molecule has 0 saturated carbocycles. The van der Waals surface area contributed by atoms with Gasteiger partial charge in [-0.25, -0.2) is 8.42 Å². The molecular formula is C8H15NO2S. The zero-order chi connectivity index (χ0) is 9.61. The SMILES string of the molecule is C#CC(C)NCCCS(C)(=O)=O. The van der Waals surface area contributed by atoms with E-state index in [4.69, 9.17) is 6.42 Å². The summed E-state index contributed by atoms with van der Waals surface area (Å²) in [6.07, 6.45) is 6.96. The molecule has 1 N–H and O–H groups in total. The van der Waals surface area contributed by atoms with Crippen molar-refractivity contribution in [2.24, 2.45) is 0 Å². The second kappa shape index (κ2) is 5.18. The Morgan fingerprint density at radius 1 is 1.58 bits per heavy atom. The van der Waals surface area contributed by atoms with Crippen LogP contribution in [-0.2, 0) is 9.84 Å². The van der Waals surface area contributed by atoms with Gasteiger partial charge in [0.05, 0.1) is 11.8 Å². The van der Waals surface area contributed by atoms with Gasteiger partial charge in [0.2, 0.25) is 0 Å². The van der Waals surface area contributed by atoms with Crippen molar-refractivity contribution in [3.05, 3.63) is 0 Å². The van der Waals surface area contributed by atoms with Crippen LogP contribution in [-0.4, -0.2) is 33.0 Å². The summed E-state index contributed by atoms with van der Waals surface area (Å²) in [6, 6.07) is 0.0181. The summed E-state index contributed by atoms with van der Waals surface area (Å²) >= 11 is 0. The lowest BCUT2D eigenvalue weighted by Crippen LogP contribution is -2.26. The second-order valence-electron chi connectivity index (χ2n) is 2.83. The maximum atomic E-state index is 10.7. The zero-order valence-corrected chi connectivity index (χ0v) is 8.32. The number of sulfone groups is 1. The first-order valence-corrected chi connectivity index (χ1v) is 5.89. The van der Waals surface area contributed by atoms with Gasteiger partial charge >= 0.3 is 0 Å². The van der Waals surface area contributed by atoms with Gasteiger partial charge < -0.3 is 5.32 Å². The molecule has 70 valence electrons. The fourth-order valence-corrected chi connectivity index (χ4v) is 1.38. The molecule has 0 aliphatic heterocycles. The Kier molecular flexibility index (Phi) is 4.95. The predicted octanol–water partition coefficient (Wildman–Crippen LogP) is 0.0324. The normalized spacial score (nSPS) is 13.8. The van der Waals surface area contributed by atoms with E-state index < -0.39 is 9.84 Å². The zero-order valence-electron chi connectivity index (χ0n) is 7.50. The molecule has 1 unspecified atom stereocenters. The van der Waals surface area contributed by atoms with Gasteiger partial charge in [0, 0.05) is 6.26 Å². The van der Waals surface area contributed by atoms with Crippen LogP contribution in [0, 0.1) is 12.3 Å². The van der Waals surface area contributed by atoms with Crippen molar-refractivity contribution in [2.75, 3.05) is 18.6 Å². The number of hydrogen-bond acceptors (Lipinski definition) is 3. The van der Waals surface area contributed by atoms with Crippen LogP contribution in [0.4, 0.5) is 0 Å². The predicted molar refractivity (Wildman–Crippen MR) is 50.6 cm³/mol. The Morgan fingerprint density at radius 3 is 2.58 bits per heavy atom. The first-order valence-electron chi connectivity index (χ1n) is 3.83. The highest BCUT2D eigenvalue weighted by atomic mass is 32.2. The average Bonchev–Trinajstić information content (AvgIpc) is 1.96. The van der Waals surface area contributed by atoms with Crippen molar-refractivity contribution in [1.29, 1.82) is 0 Å². The summed E-state index contributed by atoms with van der Waals surface area (Å²) in [4.78, 5) is 0. The van der Waals surface area contributed by atoms with Crippen LogP contribution in [0.15, 0.2) is 0 Å². The fraction of sp³-hybridized carbons (Fsp3) is 0.750. The Hall–Kier alpha value is -0.530. The third-order valence-corrected chi connectivity index (χ3v) is 2.42. The highest BCUT2D eigenvalue weighted by Crippen LogP contribution is 1.87. The summed E-state index contributed by atoms with van der Waals surface area (Å²) in [5.74, 6) is 2.72. The quantitative estimate of drug-likeness (QED) is 0.490. The van der Waals surface area contributed by atoms with Crippen LogP contribution in [0.25, 0.3) is 0 Å². The van der Waals surface area contributed by atoms with E-state index in [0.717, 1.165) is 0 Å². The molecule has 0 spiro atoms. The molecule has 1 atom stereocenters. The molecule has 0 aromatic rings. The third-order valence-electron chi connectivity index (χ3n) is 1.39. The Labute approximate surface area is 74.5 Å². The summed E-state index contributed by atoms with van der Waals surface area (Å²) in [6.45, 7) is 2.51. The molecule has 0 saturated heterocycles. The first kappa shape index (κ1) is 11.5. The minimum Gasteiger partial charge on any atom is -0.304 e. The van der Waals surface area contributed by atoms with Gasteiger partial charge in [-0.2, -0.15) is 0 Å². The maximum Gasteiger partial charge on any atom is 0.147 e. The highest BCUT2D eigenvalue weighted by molar-refractivity contribution is 7.90. The van der Waals surface area contributed by atoms with Crippen LogP contribution < -0.4 is 5.32 Å². The molecule has 0 rings (SSSR count). The van der Waals surface area contributed by atoms with Gasteiger partial charge in [0.25, 0.3) is 0 Å². The third kappa shape index (κ3) is 7.58. The van der Waals surface area contributed by atoms with Crippen molar-refractivity contribution in [3.63, 3.8) is 0 Å². The largest absolute Gasteiger partial charge is 0.304 e. The smallest absolute Gasteiger partial charge is 0.147 e. The molecule has 0 aromatic carbocycles. The molecule has 0 heterocycles. The van der Waals surface area contributed by atoms with Gasteiger partial charge in [-0.3, -0.25) is 0 Å². The standard InChI is InChI=1S/C8H15NO2S/c1-4-8(2)9-6-5-7-12(3,10)11/h1,8-9H,5-7H2,2-3H3. The lowest BCUT2D eigenvalue weighted by Gasteiger charge is -2.05. The molecule has 12 heavy (non-hydrogen) atoms. The minimum absolute atomic E-state index is 0.0181. The molecular weight excluding hydrogens is 174 g/mol. The van der Waals surface area contributed by atoms with E-state index in [1.54, 1.807) is 0 Å².